The van der Waals surface area contributed by atoms with E-state index in [1.54, 1.807) is 6.07 Å². The Kier molecular flexibility index (Phi) is 6.86. The summed E-state index contributed by atoms with van der Waals surface area (Å²) < 4.78 is 27.4. The molecule has 1 saturated heterocycles. The van der Waals surface area contributed by atoms with Crippen LogP contribution in [-0.2, 0) is 10.0 Å². The minimum Gasteiger partial charge on any atom is -0.336 e. The molecule has 1 fully saturated rings. The summed E-state index contributed by atoms with van der Waals surface area (Å²) in [6.45, 7) is 4.26. The Morgan fingerprint density at radius 3 is 2.23 bits per heavy atom. The third-order valence-corrected chi connectivity index (χ3v) is 8.25. The molecule has 0 saturated carbocycles. The van der Waals surface area contributed by atoms with Crippen LogP contribution in [0.1, 0.15) is 68.1 Å². The number of sulfonamides is 1. The SMILES string of the molecule is CCCCN1C(=O)c2ccc(C(=O)N3CCN(S(=O)(=O)c4cccc(C(C)=O)c4)CC3)cc2C1=O. The van der Waals surface area contributed by atoms with Crippen molar-refractivity contribution < 1.29 is 27.6 Å². The van der Waals surface area contributed by atoms with Crippen LogP contribution in [-0.4, -0.2) is 78.8 Å². The molecular weight excluding hydrogens is 470 g/mol. The first-order valence-corrected chi connectivity index (χ1v) is 13.0. The van der Waals surface area contributed by atoms with Gasteiger partial charge in [0.15, 0.2) is 5.78 Å². The van der Waals surface area contributed by atoms with Crippen LogP contribution in [0.25, 0.3) is 0 Å². The number of hydrogen-bond donors (Lipinski definition) is 0. The smallest absolute Gasteiger partial charge is 0.261 e. The Bertz CT molecular complexity index is 1310. The van der Waals surface area contributed by atoms with Crippen LogP contribution < -0.4 is 0 Å². The third kappa shape index (κ3) is 4.63. The van der Waals surface area contributed by atoms with E-state index >= 15 is 0 Å². The summed E-state index contributed by atoms with van der Waals surface area (Å²) in [5.41, 5.74) is 1.13. The normalized spacial score (nSPS) is 16.5. The standard InChI is InChI=1S/C25H27N3O6S/c1-3-4-10-28-24(31)21-9-8-19(16-22(21)25(28)32)23(30)26-11-13-27(14-12-26)35(33,34)20-7-5-6-18(15-20)17(2)29/h5-9,15-16H,3-4,10-14H2,1-2H3. The average Bonchev–Trinajstić information content (AvgIpc) is 3.11. The van der Waals surface area contributed by atoms with Crippen LogP contribution in [0.2, 0.25) is 0 Å². The predicted molar refractivity (Wildman–Crippen MR) is 128 cm³/mol. The Labute approximate surface area is 204 Å². The summed E-state index contributed by atoms with van der Waals surface area (Å²) in [7, 11) is -3.81. The molecule has 184 valence electrons. The van der Waals surface area contributed by atoms with Crippen molar-refractivity contribution in [2.45, 2.75) is 31.6 Å². The first kappa shape index (κ1) is 24.7. The summed E-state index contributed by atoms with van der Waals surface area (Å²) in [5, 5.41) is 0. The van der Waals surface area contributed by atoms with Crippen LogP contribution in [0, 0.1) is 0 Å². The Morgan fingerprint density at radius 2 is 1.57 bits per heavy atom. The quantitative estimate of drug-likeness (QED) is 0.429. The summed E-state index contributed by atoms with van der Waals surface area (Å²) >= 11 is 0. The molecule has 2 heterocycles. The number of imide groups is 1. The van der Waals surface area contributed by atoms with Crippen molar-refractivity contribution in [3.63, 3.8) is 0 Å². The van der Waals surface area contributed by atoms with Gasteiger partial charge in [0.05, 0.1) is 16.0 Å². The van der Waals surface area contributed by atoms with Crippen molar-refractivity contribution in [3.8, 4) is 0 Å². The summed E-state index contributed by atoms with van der Waals surface area (Å²) in [6.07, 6.45) is 1.56. The fourth-order valence-electron chi connectivity index (χ4n) is 4.28. The van der Waals surface area contributed by atoms with Gasteiger partial charge in [-0.05, 0) is 43.7 Å². The van der Waals surface area contributed by atoms with Crippen molar-refractivity contribution in [2.24, 2.45) is 0 Å². The molecule has 0 unspecified atom stereocenters. The molecule has 2 aromatic rings. The van der Waals surface area contributed by atoms with Gasteiger partial charge in [-0.15, -0.1) is 0 Å². The lowest BCUT2D eigenvalue weighted by Gasteiger charge is -2.34. The van der Waals surface area contributed by atoms with Crippen LogP contribution >= 0.6 is 0 Å². The molecule has 0 bridgehead atoms. The topological polar surface area (TPSA) is 112 Å². The molecule has 9 nitrogen and oxygen atoms in total. The zero-order valence-corrected chi connectivity index (χ0v) is 20.5. The van der Waals surface area contributed by atoms with E-state index in [-0.39, 0.29) is 59.8 Å². The number of piperazine rings is 1. The molecule has 10 heteroatoms. The fourth-order valence-corrected chi connectivity index (χ4v) is 5.75. The van der Waals surface area contributed by atoms with Gasteiger partial charge in [-0.25, -0.2) is 8.42 Å². The number of Topliss-reactive ketones (excluding diaryl/α,β-unsaturated/α-hetero) is 1. The molecule has 2 aliphatic rings. The maximum Gasteiger partial charge on any atom is 0.261 e. The molecule has 0 N–H and O–H groups in total. The molecule has 0 spiro atoms. The highest BCUT2D eigenvalue weighted by molar-refractivity contribution is 7.89. The van der Waals surface area contributed by atoms with E-state index in [0.717, 1.165) is 6.42 Å². The van der Waals surface area contributed by atoms with E-state index in [2.05, 4.69) is 0 Å². The predicted octanol–water partition coefficient (Wildman–Crippen LogP) is 2.43. The average molecular weight is 498 g/mol. The van der Waals surface area contributed by atoms with E-state index < -0.39 is 15.9 Å². The van der Waals surface area contributed by atoms with Gasteiger partial charge in [0.1, 0.15) is 0 Å². The van der Waals surface area contributed by atoms with Crippen LogP contribution in [0.15, 0.2) is 47.4 Å². The molecule has 0 aliphatic carbocycles. The number of nitrogens with zero attached hydrogens (tertiary/aromatic N) is 3. The second kappa shape index (κ2) is 9.71. The molecule has 3 amide bonds. The highest BCUT2D eigenvalue weighted by Gasteiger charge is 2.36. The van der Waals surface area contributed by atoms with Crippen molar-refractivity contribution >= 4 is 33.5 Å². The van der Waals surface area contributed by atoms with E-state index in [4.69, 9.17) is 0 Å². The van der Waals surface area contributed by atoms with Crippen molar-refractivity contribution in [1.82, 2.24) is 14.1 Å². The van der Waals surface area contributed by atoms with Gasteiger partial charge in [0.25, 0.3) is 17.7 Å². The molecule has 0 atom stereocenters. The number of benzene rings is 2. The Hall–Kier alpha value is -3.37. The van der Waals surface area contributed by atoms with Gasteiger partial charge in [0, 0.05) is 43.9 Å². The zero-order chi connectivity index (χ0) is 25.3. The van der Waals surface area contributed by atoms with Crippen molar-refractivity contribution in [3.05, 3.63) is 64.7 Å². The minimum atomic E-state index is -3.81. The number of carbonyl (C=O) groups is 4. The van der Waals surface area contributed by atoms with Crippen LogP contribution in [0.4, 0.5) is 0 Å². The monoisotopic (exact) mass is 497 g/mol. The number of hydrogen-bond acceptors (Lipinski definition) is 6. The summed E-state index contributed by atoms with van der Waals surface area (Å²) in [6, 6.07) is 10.4. The maximum atomic E-state index is 13.1. The minimum absolute atomic E-state index is 0.0411. The fraction of sp³-hybridized carbons (Fsp3) is 0.360. The molecule has 35 heavy (non-hydrogen) atoms. The Balaban J connectivity index is 1.45. The molecule has 0 radical (unpaired) electrons. The first-order chi connectivity index (χ1) is 16.6. The maximum absolute atomic E-state index is 13.1. The number of rotatable bonds is 7. The largest absolute Gasteiger partial charge is 0.336 e. The number of amides is 3. The van der Waals surface area contributed by atoms with E-state index in [1.807, 2.05) is 6.92 Å². The van der Waals surface area contributed by atoms with E-state index in [1.165, 1.54) is 57.4 Å². The Morgan fingerprint density at radius 1 is 0.886 bits per heavy atom. The van der Waals surface area contributed by atoms with Gasteiger partial charge in [-0.1, -0.05) is 25.5 Å². The summed E-state index contributed by atoms with van der Waals surface area (Å²) in [4.78, 5) is 52.8. The van der Waals surface area contributed by atoms with E-state index in [9.17, 15) is 27.6 Å². The van der Waals surface area contributed by atoms with Gasteiger partial charge in [-0.3, -0.25) is 24.1 Å². The second-order valence-electron chi connectivity index (χ2n) is 8.66. The lowest BCUT2D eigenvalue weighted by Crippen LogP contribution is -2.50. The highest BCUT2D eigenvalue weighted by Crippen LogP contribution is 2.26. The zero-order valence-electron chi connectivity index (χ0n) is 19.7. The number of ketones is 1. The van der Waals surface area contributed by atoms with Crippen LogP contribution in [0.5, 0.6) is 0 Å². The highest BCUT2D eigenvalue weighted by atomic mass is 32.2. The van der Waals surface area contributed by atoms with Crippen molar-refractivity contribution in [2.75, 3.05) is 32.7 Å². The summed E-state index contributed by atoms with van der Waals surface area (Å²) in [5.74, 6) is -1.28. The number of fused-ring (bicyclic) bond motifs is 1. The lowest BCUT2D eigenvalue weighted by atomic mass is 10.0. The number of carbonyl (C=O) groups excluding carboxylic acids is 4. The second-order valence-corrected chi connectivity index (χ2v) is 10.6. The molecular formula is C25H27N3O6S. The molecule has 2 aliphatic heterocycles. The van der Waals surface area contributed by atoms with Gasteiger partial charge >= 0.3 is 0 Å². The first-order valence-electron chi connectivity index (χ1n) is 11.6. The number of unbranched alkanes of at least 4 members (excludes halogenated alkanes) is 1. The molecule has 2 aromatic carbocycles. The van der Waals surface area contributed by atoms with Gasteiger partial charge in [-0.2, -0.15) is 4.31 Å². The molecule has 4 rings (SSSR count). The third-order valence-electron chi connectivity index (χ3n) is 6.36. The lowest BCUT2D eigenvalue weighted by molar-refractivity contribution is 0.0651. The van der Waals surface area contributed by atoms with Crippen LogP contribution in [0.3, 0.4) is 0 Å². The van der Waals surface area contributed by atoms with Gasteiger partial charge < -0.3 is 4.90 Å². The van der Waals surface area contributed by atoms with Crippen molar-refractivity contribution in [1.29, 1.82) is 0 Å². The van der Waals surface area contributed by atoms with Gasteiger partial charge in [0.2, 0.25) is 10.0 Å². The van der Waals surface area contributed by atoms with E-state index in [0.29, 0.717) is 24.1 Å². The molecule has 0 aromatic heterocycles.